The van der Waals surface area contributed by atoms with E-state index in [2.05, 4.69) is 15.7 Å². The summed E-state index contributed by atoms with van der Waals surface area (Å²) in [5, 5.41) is 18.9. The van der Waals surface area contributed by atoms with Gasteiger partial charge in [0.25, 0.3) is 0 Å². The Morgan fingerprint density at radius 2 is 2.14 bits per heavy atom. The fourth-order valence-corrected chi connectivity index (χ4v) is 2.06. The van der Waals surface area contributed by atoms with Gasteiger partial charge in [-0.3, -0.25) is 14.9 Å². The second-order valence-corrected chi connectivity index (χ2v) is 5.54. The smallest absolute Gasteiger partial charge is 0.323 e. The van der Waals surface area contributed by atoms with Gasteiger partial charge in [-0.2, -0.15) is 5.10 Å². The van der Waals surface area contributed by atoms with Crippen LogP contribution in [0.15, 0.2) is 12.3 Å². The number of carboxylic acids is 1. The maximum atomic E-state index is 12.0. The summed E-state index contributed by atoms with van der Waals surface area (Å²) in [5.74, 6) is -0.644. The molecule has 7 nitrogen and oxygen atoms in total. The number of amides is 1. The van der Waals surface area contributed by atoms with Gasteiger partial charge in [0, 0.05) is 12.1 Å². The van der Waals surface area contributed by atoms with Crippen LogP contribution in [0.2, 0.25) is 0 Å². The highest BCUT2D eigenvalue weighted by Gasteiger charge is 2.32. The Balaban J connectivity index is 2.61. The summed E-state index contributed by atoms with van der Waals surface area (Å²) in [6.07, 6.45) is 2.79. The molecule has 0 aromatic carbocycles. The molecule has 0 spiro atoms. The molecule has 1 amide bonds. The Morgan fingerprint density at radius 1 is 1.48 bits per heavy atom. The summed E-state index contributed by atoms with van der Waals surface area (Å²) < 4.78 is 1.69. The van der Waals surface area contributed by atoms with E-state index in [9.17, 15) is 14.7 Å². The van der Waals surface area contributed by atoms with Crippen molar-refractivity contribution in [1.29, 1.82) is 0 Å². The van der Waals surface area contributed by atoms with E-state index in [1.165, 1.54) is 0 Å². The molecule has 118 valence electrons. The predicted octanol–water partition coefficient (Wildman–Crippen LogP) is 1.64. The van der Waals surface area contributed by atoms with Gasteiger partial charge in [0.2, 0.25) is 5.91 Å². The molecule has 3 N–H and O–H groups in total. The molecule has 0 aliphatic heterocycles. The number of nitrogens with one attached hydrogen (secondary N) is 2. The highest BCUT2D eigenvalue weighted by Crippen LogP contribution is 2.14. The van der Waals surface area contributed by atoms with Crippen molar-refractivity contribution in [1.82, 2.24) is 15.1 Å². The molecular formula is C14H24N4O3. The van der Waals surface area contributed by atoms with Crippen LogP contribution in [0, 0.1) is 0 Å². The summed E-state index contributed by atoms with van der Waals surface area (Å²) in [6, 6.07) is 1.84. The molecule has 0 aliphatic rings. The minimum Gasteiger partial charge on any atom is -0.480 e. The van der Waals surface area contributed by atoms with Crippen LogP contribution in [0.3, 0.4) is 0 Å². The van der Waals surface area contributed by atoms with E-state index in [1.807, 2.05) is 20.8 Å². The Labute approximate surface area is 124 Å². The third-order valence-corrected chi connectivity index (χ3v) is 3.29. The summed E-state index contributed by atoms with van der Waals surface area (Å²) in [7, 11) is 0. The third-order valence-electron chi connectivity index (χ3n) is 3.29. The zero-order valence-electron chi connectivity index (χ0n) is 13.0. The largest absolute Gasteiger partial charge is 0.480 e. The number of rotatable bonds is 8. The number of nitrogens with zero attached hydrogens (tertiary/aromatic N) is 2. The molecule has 0 saturated carbocycles. The highest BCUT2D eigenvalue weighted by atomic mass is 16.4. The van der Waals surface area contributed by atoms with Gasteiger partial charge in [0.05, 0.1) is 12.7 Å². The van der Waals surface area contributed by atoms with Gasteiger partial charge < -0.3 is 10.4 Å². The lowest BCUT2D eigenvalue weighted by Gasteiger charge is -2.25. The van der Waals surface area contributed by atoms with Crippen molar-refractivity contribution in [3.63, 3.8) is 0 Å². The first-order valence-corrected chi connectivity index (χ1v) is 7.12. The van der Waals surface area contributed by atoms with Gasteiger partial charge in [-0.05, 0) is 27.2 Å². The van der Waals surface area contributed by atoms with Crippen molar-refractivity contribution in [2.24, 2.45) is 0 Å². The third kappa shape index (κ3) is 4.56. The molecule has 1 heterocycles. The normalized spacial score (nSPS) is 14.0. The fraction of sp³-hybridized carbons (Fsp3) is 0.643. The van der Waals surface area contributed by atoms with E-state index in [4.69, 9.17) is 0 Å². The molecule has 0 fully saturated rings. The summed E-state index contributed by atoms with van der Waals surface area (Å²) in [4.78, 5) is 23.2. The standard InChI is InChI=1S/C14H24N4O3/c1-5-7-14(4,13(20)21)15-9-12(19)17-11-6-8-16-18(11)10(2)3/h6,8,10,15H,5,7,9H2,1-4H3,(H,17,19)(H,20,21). The van der Waals surface area contributed by atoms with Gasteiger partial charge in [-0.1, -0.05) is 13.3 Å². The molecule has 1 aromatic rings. The number of carbonyl (C=O) groups is 2. The molecule has 1 aromatic heterocycles. The van der Waals surface area contributed by atoms with Crippen LogP contribution in [0.1, 0.15) is 46.6 Å². The Bertz CT molecular complexity index is 498. The summed E-state index contributed by atoms with van der Waals surface area (Å²) in [5.41, 5.74) is -1.09. The van der Waals surface area contributed by atoms with Crippen LogP contribution in [0.4, 0.5) is 5.82 Å². The maximum Gasteiger partial charge on any atom is 0.323 e. The lowest BCUT2D eigenvalue weighted by molar-refractivity contribution is -0.144. The van der Waals surface area contributed by atoms with E-state index in [0.29, 0.717) is 12.2 Å². The van der Waals surface area contributed by atoms with Crippen LogP contribution >= 0.6 is 0 Å². The van der Waals surface area contributed by atoms with Crippen molar-refractivity contribution in [3.8, 4) is 0 Å². The molecule has 21 heavy (non-hydrogen) atoms. The first-order chi connectivity index (χ1) is 9.80. The number of carbonyl (C=O) groups excluding carboxylic acids is 1. The molecule has 0 radical (unpaired) electrons. The van der Waals surface area contributed by atoms with E-state index in [0.717, 1.165) is 6.42 Å². The minimum atomic E-state index is -1.09. The van der Waals surface area contributed by atoms with E-state index < -0.39 is 11.5 Å². The molecule has 0 saturated heterocycles. The summed E-state index contributed by atoms with van der Waals surface area (Å²) in [6.45, 7) is 7.36. The van der Waals surface area contributed by atoms with E-state index >= 15 is 0 Å². The molecule has 0 bridgehead atoms. The van der Waals surface area contributed by atoms with Gasteiger partial charge in [-0.15, -0.1) is 0 Å². The van der Waals surface area contributed by atoms with Gasteiger partial charge in [0.15, 0.2) is 0 Å². The second kappa shape index (κ2) is 7.21. The van der Waals surface area contributed by atoms with Crippen molar-refractivity contribution in [2.45, 2.75) is 52.1 Å². The molecule has 7 heteroatoms. The van der Waals surface area contributed by atoms with Crippen molar-refractivity contribution < 1.29 is 14.7 Å². The molecule has 0 aliphatic carbocycles. The quantitative estimate of drug-likeness (QED) is 0.677. The average molecular weight is 296 g/mol. The molecule has 1 rings (SSSR count). The van der Waals surface area contributed by atoms with Crippen molar-refractivity contribution in [2.75, 3.05) is 11.9 Å². The predicted molar refractivity (Wildman–Crippen MR) is 80.2 cm³/mol. The highest BCUT2D eigenvalue weighted by molar-refractivity contribution is 5.92. The number of hydrogen-bond donors (Lipinski definition) is 3. The monoisotopic (exact) mass is 296 g/mol. The second-order valence-electron chi connectivity index (χ2n) is 5.54. The summed E-state index contributed by atoms with van der Waals surface area (Å²) >= 11 is 0. The number of aromatic nitrogens is 2. The van der Waals surface area contributed by atoms with Crippen LogP contribution in [0.5, 0.6) is 0 Å². The van der Waals surface area contributed by atoms with Gasteiger partial charge in [-0.25, -0.2) is 4.68 Å². The zero-order chi connectivity index (χ0) is 16.0. The van der Waals surface area contributed by atoms with E-state index in [-0.39, 0.29) is 18.5 Å². The maximum absolute atomic E-state index is 12.0. The van der Waals surface area contributed by atoms with Crippen molar-refractivity contribution >= 4 is 17.7 Å². The first-order valence-electron chi connectivity index (χ1n) is 7.12. The fourth-order valence-electron chi connectivity index (χ4n) is 2.06. The van der Waals surface area contributed by atoms with Crippen LogP contribution in [-0.2, 0) is 9.59 Å². The Hall–Kier alpha value is -1.89. The average Bonchev–Trinajstić information content (AvgIpc) is 2.85. The van der Waals surface area contributed by atoms with Crippen LogP contribution < -0.4 is 10.6 Å². The zero-order valence-corrected chi connectivity index (χ0v) is 13.0. The molecule has 1 atom stereocenters. The number of hydrogen-bond acceptors (Lipinski definition) is 4. The topological polar surface area (TPSA) is 96.3 Å². The molecular weight excluding hydrogens is 272 g/mol. The Kier molecular flexibility index (Phi) is 5.90. The van der Waals surface area contributed by atoms with Crippen LogP contribution in [0.25, 0.3) is 0 Å². The minimum absolute atomic E-state index is 0.0634. The first kappa shape index (κ1) is 17.2. The molecule has 1 unspecified atom stereocenters. The van der Waals surface area contributed by atoms with Crippen molar-refractivity contribution in [3.05, 3.63) is 12.3 Å². The van der Waals surface area contributed by atoms with Gasteiger partial charge in [0.1, 0.15) is 11.4 Å². The Morgan fingerprint density at radius 3 is 2.67 bits per heavy atom. The van der Waals surface area contributed by atoms with Gasteiger partial charge >= 0.3 is 5.97 Å². The lowest BCUT2D eigenvalue weighted by Crippen LogP contribution is -2.51. The van der Waals surface area contributed by atoms with Crippen LogP contribution in [-0.4, -0.2) is 38.8 Å². The lowest BCUT2D eigenvalue weighted by atomic mass is 9.96. The number of anilines is 1. The number of carboxylic acid groups (broad SMARTS) is 1. The SMILES string of the molecule is CCCC(C)(NCC(=O)Nc1ccnn1C(C)C)C(=O)O. The number of aliphatic carboxylic acids is 1. The van der Waals surface area contributed by atoms with E-state index in [1.54, 1.807) is 23.9 Å².